The first-order chi connectivity index (χ1) is 18.4. The number of esters is 1. The number of carbonyl (C=O) groups excluding carboxylic acids is 1. The van der Waals surface area contributed by atoms with Crippen LogP contribution in [0.25, 0.3) is 11.1 Å². The molecule has 7 heteroatoms. The summed E-state index contributed by atoms with van der Waals surface area (Å²) in [6.45, 7) is 6.47. The van der Waals surface area contributed by atoms with Crippen LogP contribution in [-0.2, 0) is 4.74 Å². The first-order valence-corrected chi connectivity index (χ1v) is 12.9. The van der Waals surface area contributed by atoms with Crippen molar-refractivity contribution in [1.82, 2.24) is 0 Å². The molecular weight excluding hydrogens is 493 g/mol. The monoisotopic (exact) mass is 524 g/mol. The van der Waals surface area contributed by atoms with Gasteiger partial charge in [0.1, 0.15) is 5.75 Å². The molecule has 0 N–H and O–H groups in total. The molecule has 0 heterocycles. The van der Waals surface area contributed by atoms with E-state index in [1.54, 1.807) is 18.2 Å². The SMILES string of the molecule is C=CCCOc1ccc(OC(=O)c2ccc(-c3ccc(C4CCC(OCC)CC4)c(F)c3F)cc2)cc1F. The fourth-order valence-electron chi connectivity index (χ4n) is 4.75. The highest BCUT2D eigenvalue weighted by Crippen LogP contribution is 2.38. The minimum Gasteiger partial charge on any atom is -0.490 e. The maximum atomic E-state index is 15.1. The molecule has 0 bridgehead atoms. The van der Waals surface area contributed by atoms with Gasteiger partial charge in [0.05, 0.1) is 18.3 Å². The summed E-state index contributed by atoms with van der Waals surface area (Å²) in [7, 11) is 0. The molecule has 200 valence electrons. The number of carbonyl (C=O) groups is 1. The average molecular weight is 525 g/mol. The third-order valence-corrected chi connectivity index (χ3v) is 6.75. The van der Waals surface area contributed by atoms with E-state index >= 15 is 8.78 Å². The van der Waals surface area contributed by atoms with Crippen molar-refractivity contribution < 1.29 is 32.2 Å². The quantitative estimate of drug-likeness (QED) is 0.117. The molecule has 4 rings (SSSR count). The van der Waals surface area contributed by atoms with Crippen LogP contribution in [0.2, 0.25) is 0 Å². The first kappa shape index (κ1) is 27.5. The maximum Gasteiger partial charge on any atom is 0.343 e. The number of ether oxygens (including phenoxy) is 3. The Morgan fingerprint density at radius 2 is 1.71 bits per heavy atom. The van der Waals surface area contributed by atoms with E-state index in [-0.39, 0.29) is 41.3 Å². The van der Waals surface area contributed by atoms with E-state index in [2.05, 4.69) is 6.58 Å². The van der Waals surface area contributed by atoms with Gasteiger partial charge >= 0.3 is 5.97 Å². The summed E-state index contributed by atoms with van der Waals surface area (Å²) in [6.07, 6.45) is 5.60. The Labute approximate surface area is 221 Å². The lowest BCUT2D eigenvalue weighted by Gasteiger charge is -2.29. The molecule has 3 aromatic rings. The van der Waals surface area contributed by atoms with Gasteiger partial charge in [0.2, 0.25) is 0 Å². The molecule has 0 aromatic heterocycles. The smallest absolute Gasteiger partial charge is 0.343 e. The second-order valence-electron chi connectivity index (χ2n) is 9.24. The highest BCUT2D eigenvalue weighted by Gasteiger charge is 2.27. The van der Waals surface area contributed by atoms with Gasteiger partial charge < -0.3 is 14.2 Å². The van der Waals surface area contributed by atoms with Crippen LogP contribution < -0.4 is 9.47 Å². The molecule has 1 aliphatic carbocycles. The van der Waals surface area contributed by atoms with Crippen LogP contribution >= 0.6 is 0 Å². The highest BCUT2D eigenvalue weighted by atomic mass is 19.2. The van der Waals surface area contributed by atoms with Crippen molar-refractivity contribution in [2.75, 3.05) is 13.2 Å². The predicted molar refractivity (Wildman–Crippen MR) is 140 cm³/mol. The Balaban J connectivity index is 1.42. The highest BCUT2D eigenvalue weighted by molar-refractivity contribution is 5.91. The van der Waals surface area contributed by atoms with Gasteiger partial charge in [0, 0.05) is 18.2 Å². The number of rotatable bonds is 10. The van der Waals surface area contributed by atoms with Crippen LogP contribution in [0.3, 0.4) is 0 Å². The van der Waals surface area contributed by atoms with E-state index in [9.17, 15) is 9.18 Å². The van der Waals surface area contributed by atoms with E-state index in [0.717, 1.165) is 31.7 Å². The second-order valence-corrected chi connectivity index (χ2v) is 9.24. The van der Waals surface area contributed by atoms with Gasteiger partial charge in [-0.15, -0.1) is 6.58 Å². The number of hydrogen-bond acceptors (Lipinski definition) is 4. The first-order valence-electron chi connectivity index (χ1n) is 12.9. The van der Waals surface area contributed by atoms with Gasteiger partial charge in [0.25, 0.3) is 0 Å². The summed E-state index contributed by atoms with van der Waals surface area (Å²) in [6, 6.07) is 13.1. The Kier molecular flexibility index (Phi) is 9.24. The van der Waals surface area contributed by atoms with Crippen LogP contribution in [0, 0.1) is 17.5 Å². The van der Waals surface area contributed by atoms with Crippen molar-refractivity contribution in [2.45, 2.75) is 51.0 Å². The topological polar surface area (TPSA) is 44.8 Å². The molecule has 3 aromatic carbocycles. The second kappa shape index (κ2) is 12.8. The zero-order chi connectivity index (χ0) is 27.1. The van der Waals surface area contributed by atoms with Crippen LogP contribution in [0.15, 0.2) is 67.3 Å². The largest absolute Gasteiger partial charge is 0.490 e. The molecule has 0 spiro atoms. The zero-order valence-corrected chi connectivity index (χ0v) is 21.4. The lowest BCUT2D eigenvalue weighted by Crippen LogP contribution is -2.21. The molecule has 0 amide bonds. The van der Waals surface area contributed by atoms with Gasteiger partial charge in [-0.1, -0.05) is 30.3 Å². The van der Waals surface area contributed by atoms with Crippen LogP contribution in [0.5, 0.6) is 11.5 Å². The summed E-state index contributed by atoms with van der Waals surface area (Å²) in [4.78, 5) is 12.5. The fraction of sp³-hybridized carbons (Fsp3) is 0.323. The van der Waals surface area contributed by atoms with E-state index in [0.29, 0.717) is 24.2 Å². The van der Waals surface area contributed by atoms with Crippen LogP contribution in [0.4, 0.5) is 13.2 Å². The fourth-order valence-corrected chi connectivity index (χ4v) is 4.75. The third-order valence-electron chi connectivity index (χ3n) is 6.75. The number of benzene rings is 3. The molecule has 1 fully saturated rings. The Hall–Kier alpha value is -3.58. The van der Waals surface area contributed by atoms with Crippen molar-refractivity contribution >= 4 is 5.97 Å². The normalized spacial score (nSPS) is 17.2. The molecule has 38 heavy (non-hydrogen) atoms. The van der Waals surface area contributed by atoms with E-state index in [1.165, 1.54) is 36.4 Å². The van der Waals surface area contributed by atoms with Crippen molar-refractivity contribution in [1.29, 1.82) is 0 Å². The van der Waals surface area contributed by atoms with E-state index in [1.807, 2.05) is 6.92 Å². The minimum atomic E-state index is -0.907. The van der Waals surface area contributed by atoms with Crippen LogP contribution in [-0.4, -0.2) is 25.3 Å². The molecule has 1 saturated carbocycles. The average Bonchev–Trinajstić information content (AvgIpc) is 2.92. The van der Waals surface area contributed by atoms with Gasteiger partial charge in [-0.25, -0.2) is 18.0 Å². The maximum absolute atomic E-state index is 15.1. The van der Waals surface area contributed by atoms with Gasteiger partial charge in [-0.05, 0) is 80.3 Å². The molecule has 0 aliphatic heterocycles. The number of halogens is 3. The lowest BCUT2D eigenvalue weighted by molar-refractivity contribution is 0.0325. The zero-order valence-electron chi connectivity index (χ0n) is 21.4. The Morgan fingerprint density at radius 3 is 2.37 bits per heavy atom. The summed E-state index contributed by atoms with van der Waals surface area (Å²) >= 11 is 0. The number of hydrogen-bond donors (Lipinski definition) is 0. The summed E-state index contributed by atoms with van der Waals surface area (Å²) in [5, 5.41) is 0. The molecule has 0 saturated heterocycles. The molecule has 4 nitrogen and oxygen atoms in total. The summed E-state index contributed by atoms with van der Waals surface area (Å²) in [5.74, 6) is -3.06. The van der Waals surface area contributed by atoms with Crippen molar-refractivity contribution in [2.24, 2.45) is 0 Å². The Bertz CT molecular complexity index is 1260. The molecule has 0 atom stereocenters. The van der Waals surface area contributed by atoms with Gasteiger partial charge in [-0.2, -0.15) is 0 Å². The van der Waals surface area contributed by atoms with E-state index in [4.69, 9.17) is 14.2 Å². The van der Waals surface area contributed by atoms with Gasteiger partial charge in [0.15, 0.2) is 23.2 Å². The predicted octanol–water partition coefficient (Wildman–Crippen LogP) is 8.01. The van der Waals surface area contributed by atoms with Crippen molar-refractivity contribution in [3.05, 3.63) is 95.8 Å². The molecule has 0 radical (unpaired) electrons. The summed E-state index contributed by atoms with van der Waals surface area (Å²) < 4.78 is 60.6. The third kappa shape index (κ3) is 6.45. The molecular formula is C31H31F3O4. The Morgan fingerprint density at radius 1 is 0.974 bits per heavy atom. The van der Waals surface area contributed by atoms with Crippen LogP contribution in [0.1, 0.15) is 60.9 Å². The minimum absolute atomic E-state index is 0.0200. The molecule has 1 aliphatic rings. The summed E-state index contributed by atoms with van der Waals surface area (Å²) in [5.41, 5.74) is 1.12. The van der Waals surface area contributed by atoms with Gasteiger partial charge in [-0.3, -0.25) is 0 Å². The van der Waals surface area contributed by atoms with Crippen molar-refractivity contribution in [3.8, 4) is 22.6 Å². The molecule has 0 unspecified atom stereocenters. The van der Waals surface area contributed by atoms with Crippen molar-refractivity contribution in [3.63, 3.8) is 0 Å². The van der Waals surface area contributed by atoms with E-state index < -0.39 is 23.4 Å². The lowest BCUT2D eigenvalue weighted by atomic mass is 9.82. The standard InChI is InChI=1S/C31H31F3O4/c1-3-5-18-37-28-17-14-24(19-27(28)32)38-31(35)22-8-6-20(7-9-22)25-15-16-26(30(34)29(25)33)21-10-12-23(13-11-21)36-4-2/h3,6-9,14-17,19,21,23H,1,4-5,10-13,18H2,2H3.